The average molecular weight is 633 g/mol. The van der Waals surface area contributed by atoms with Crippen LogP contribution in [0.4, 0.5) is 5.69 Å². The van der Waals surface area contributed by atoms with E-state index in [0.717, 1.165) is 6.42 Å². The number of hydrogen-bond donors (Lipinski definition) is 0. The maximum Gasteiger partial charge on any atom is 0.339 e. The highest BCUT2D eigenvalue weighted by Crippen LogP contribution is 2.65. The highest BCUT2D eigenvalue weighted by atomic mass is 35.5. The molecule has 0 radical (unpaired) electrons. The smallest absolute Gasteiger partial charge is 0.339 e. The van der Waals surface area contributed by atoms with Crippen LogP contribution in [-0.2, 0) is 14.3 Å². The molecule has 6 atom stereocenters. The van der Waals surface area contributed by atoms with Crippen molar-refractivity contribution >= 4 is 51.8 Å². The Hall–Kier alpha value is -4.82. The molecule has 1 saturated heterocycles. The van der Waals surface area contributed by atoms with Gasteiger partial charge in [0.05, 0.1) is 41.4 Å². The molecule has 3 fully saturated rings. The van der Waals surface area contributed by atoms with Crippen LogP contribution < -0.4 is 9.64 Å². The number of pyridine rings is 1. The number of amides is 2. The first-order valence-electron chi connectivity index (χ1n) is 15.4. The highest BCUT2D eigenvalue weighted by molar-refractivity contribution is 6.32. The number of ketones is 1. The van der Waals surface area contributed by atoms with Crippen LogP contribution in [0.15, 0.2) is 78.9 Å². The molecule has 2 amide bonds. The van der Waals surface area contributed by atoms with E-state index in [1.165, 1.54) is 12.0 Å². The van der Waals surface area contributed by atoms with E-state index in [1.807, 2.05) is 6.92 Å². The molecule has 0 spiro atoms. The number of rotatable bonds is 7. The van der Waals surface area contributed by atoms with Crippen molar-refractivity contribution < 1.29 is 28.7 Å². The van der Waals surface area contributed by atoms with Crippen molar-refractivity contribution in [2.45, 2.75) is 13.3 Å². The second kappa shape index (κ2) is 10.6. The van der Waals surface area contributed by atoms with E-state index in [0.29, 0.717) is 61.6 Å². The van der Waals surface area contributed by atoms with Crippen molar-refractivity contribution in [1.29, 1.82) is 0 Å². The summed E-state index contributed by atoms with van der Waals surface area (Å²) in [7, 11) is 1.54. The highest BCUT2D eigenvalue weighted by Gasteiger charge is 2.67. The number of ether oxygens (including phenoxy) is 2. The lowest BCUT2D eigenvalue weighted by Gasteiger charge is -2.37. The summed E-state index contributed by atoms with van der Waals surface area (Å²) in [6, 6.07) is 18.7. The Morgan fingerprint density at radius 1 is 0.913 bits per heavy atom. The second-order valence-corrected chi connectivity index (χ2v) is 13.0. The van der Waals surface area contributed by atoms with Gasteiger partial charge in [0, 0.05) is 21.5 Å². The zero-order chi connectivity index (χ0) is 31.9. The largest absolute Gasteiger partial charge is 0.497 e. The number of esters is 1. The first-order chi connectivity index (χ1) is 22.2. The number of anilines is 1. The predicted molar refractivity (Wildman–Crippen MR) is 172 cm³/mol. The zero-order valence-corrected chi connectivity index (χ0v) is 25.9. The Bertz CT molecular complexity index is 1970. The molecule has 1 aromatic heterocycles. The molecule has 9 heteroatoms. The van der Waals surface area contributed by atoms with E-state index in [9.17, 15) is 19.2 Å². The molecule has 9 rings (SSSR count). The fraction of sp³-hybridized carbons (Fsp3) is 0.270. The monoisotopic (exact) mass is 632 g/mol. The topological polar surface area (TPSA) is 103 Å². The Morgan fingerprint density at radius 2 is 1.57 bits per heavy atom. The number of aromatic nitrogens is 1. The summed E-state index contributed by atoms with van der Waals surface area (Å²) in [6.45, 7) is 1.38. The predicted octanol–water partition coefficient (Wildman–Crippen LogP) is 6.47. The molecule has 8 nitrogen and oxygen atoms in total. The van der Waals surface area contributed by atoms with Gasteiger partial charge < -0.3 is 9.47 Å². The standard InChI is InChI=1S/C37H29ClN2O6/c1-18-29(38)14-13-25-28(37(44)46-17-31(41)20-5-9-22(45-2)10-6-20)16-30(39-34(18)25)19-3-7-21(8-4-19)40-35(42)32-23-11-12-24(27-15-26(23)27)33(32)36(40)43/h3-14,16,23-24,26-27,32-33H,15,17H2,1-2H3. The normalized spacial score (nSPS) is 25.4. The molecule has 2 bridgehead atoms. The summed E-state index contributed by atoms with van der Waals surface area (Å²) in [5, 5.41) is 1.04. The van der Waals surface area contributed by atoms with Gasteiger partial charge in [-0.05, 0) is 91.1 Å². The number of allylic oxidation sites excluding steroid dienone is 2. The number of fused-ring (bicyclic) bond motifs is 1. The van der Waals surface area contributed by atoms with Crippen molar-refractivity contribution in [2.75, 3.05) is 18.6 Å². The van der Waals surface area contributed by atoms with E-state index < -0.39 is 12.6 Å². The minimum atomic E-state index is -0.675. The number of aryl methyl sites for hydroxylation is 1. The van der Waals surface area contributed by atoms with Crippen LogP contribution in [0, 0.1) is 42.4 Å². The molecule has 46 heavy (non-hydrogen) atoms. The number of imide groups is 1. The number of halogens is 1. The third-order valence-corrected chi connectivity index (χ3v) is 10.6. The fourth-order valence-electron chi connectivity index (χ4n) is 7.78. The zero-order valence-electron chi connectivity index (χ0n) is 25.1. The molecule has 1 aliphatic heterocycles. The molecule has 6 unspecified atom stereocenters. The van der Waals surface area contributed by atoms with Crippen molar-refractivity contribution in [3.63, 3.8) is 0 Å². The molecule has 4 aromatic rings. The Morgan fingerprint density at radius 3 is 2.20 bits per heavy atom. The van der Waals surface area contributed by atoms with E-state index in [1.54, 1.807) is 66.7 Å². The quantitative estimate of drug-likeness (QED) is 0.0996. The third-order valence-electron chi connectivity index (χ3n) is 10.2. The van der Waals surface area contributed by atoms with Gasteiger partial charge in [0.2, 0.25) is 11.8 Å². The maximum atomic E-state index is 13.6. The molecule has 2 heterocycles. The molecular weight excluding hydrogens is 604 g/mol. The van der Waals surface area contributed by atoms with Gasteiger partial charge in [0.1, 0.15) is 5.75 Å². The lowest BCUT2D eigenvalue weighted by molar-refractivity contribution is -0.124. The Balaban J connectivity index is 1.08. The number of methoxy groups -OCH3 is 1. The minimum Gasteiger partial charge on any atom is -0.497 e. The van der Waals surface area contributed by atoms with Crippen LogP contribution in [0.25, 0.3) is 22.2 Å². The van der Waals surface area contributed by atoms with Crippen molar-refractivity contribution in [3.8, 4) is 17.0 Å². The number of carbonyl (C=O) groups excluding carboxylic acids is 4. The van der Waals surface area contributed by atoms with Crippen LogP contribution in [0.5, 0.6) is 5.75 Å². The molecule has 230 valence electrons. The van der Waals surface area contributed by atoms with Gasteiger partial charge in [-0.1, -0.05) is 42.0 Å². The van der Waals surface area contributed by atoms with Gasteiger partial charge in [-0.3, -0.25) is 19.3 Å². The van der Waals surface area contributed by atoms with Crippen molar-refractivity contribution in [1.82, 2.24) is 4.98 Å². The van der Waals surface area contributed by atoms with Gasteiger partial charge in [-0.2, -0.15) is 0 Å². The summed E-state index contributed by atoms with van der Waals surface area (Å²) in [6.07, 6.45) is 5.44. The number of benzene rings is 3. The van der Waals surface area contributed by atoms with E-state index in [2.05, 4.69) is 12.2 Å². The van der Waals surface area contributed by atoms with Gasteiger partial charge in [0.15, 0.2) is 12.4 Å². The van der Waals surface area contributed by atoms with E-state index >= 15 is 0 Å². The second-order valence-electron chi connectivity index (χ2n) is 12.6. The lowest BCUT2D eigenvalue weighted by atomic mass is 9.63. The van der Waals surface area contributed by atoms with E-state index in [4.69, 9.17) is 26.1 Å². The van der Waals surface area contributed by atoms with Gasteiger partial charge >= 0.3 is 5.97 Å². The summed E-state index contributed by atoms with van der Waals surface area (Å²) in [5.41, 5.74) is 3.53. The number of carbonyl (C=O) groups is 4. The van der Waals surface area contributed by atoms with Crippen LogP contribution in [-0.4, -0.2) is 42.3 Å². The van der Waals surface area contributed by atoms with E-state index in [-0.39, 0.29) is 46.8 Å². The van der Waals surface area contributed by atoms with Crippen LogP contribution in [0.3, 0.4) is 0 Å². The van der Waals surface area contributed by atoms with Crippen LogP contribution in [0.2, 0.25) is 5.02 Å². The number of Topliss-reactive ketones (excluding diaryl/α,β-unsaturated/α-hetero) is 1. The summed E-state index contributed by atoms with van der Waals surface area (Å²) in [4.78, 5) is 59.6. The first kappa shape index (κ1) is 28.6. The number of nitrogens with zero attached hydrogens (tertiary/aromatic N) is 2. The molecule has 5 aliphatic rings. The third kappa shape index (κ3) is 4.38. The summed E-state index contributed by atoms with van der Waals surface area (Å²) >= 11 is 6.44. The summed E-state index contributed by atoms with van der Waals surface area (Å²) < 4.78 is 10.6. The van der Waals surface area contributed by atoms with Gasteiger partial charge in [0.25, 0.3) is 0 Å². The SMILES string of the molecule is COc1ccc(C(=O)COC(=O)c2cc(-c3ccc(N4C(=O)C5C6C=CC(C7CC67)C5C4=O)cc3)nc3c(C)c(Cl)ccc23)cc1. The molecule has 3 aromatic carbocycles. The van der Waals surface area contributed by atoms with Gasteiger partial charge in [-0.15, -0.1) is 0 Å². The molecule has 0 N–H and O–H groups in total. The van der Waals surface area contributed by atoms with Crippen molar-refractivity contribution in [3.05, 3.63) is 101 Å². The van der Waals surface area contributed by atoms with Crippen LogP contribution >= 0.6 is 11.6 Å². The maximum absolute atomic E-state index is 13.6. The first-order valence-corrected chi connectivity index (χ1v) is 15.7. The number of hydrogen-bond acceptors (Lipinski definition) is 7. The summed E-state index contributed by atoms with van der Waals surface area (Å²) in [5.74, 6) is 0.194. The Kier molecular flexibility index (Phi) is 6.62. The van der Waals surface area contributed by atoms with Crippen LogP contribution in [0.1, 0.15) is 32.7 Å². The molecule has 4 aliphatic carbocycles. The average Bonchev–Trinajstić information content (AvgIpc) is 3.87. The van der Waals surface area contributed by atoms with Gasteiger partial charge in [-0.25, -0.2) is 9.78 Å². The Labute approximate surface area is 270 Å². The van der Waals surface area contributed by atoms with Crippen molar-refractivity contribution in [2.24, 2.45) is 35.5 Å². The molecular formula is C37H29ClN2O6. The lowest BCUT2D eigenvalue weighted by Crippen LogP contribution is -2.40. The molecule has 2 saturated carbocycles. The minimum absolute atomic E-state index is 0.115. The fourth-order valence-corrected chi connectivity index (χ4v) is 7.94.